The first-order valence-corrected chi connectivity index (χ1v) is 13.0. The van der Waals surface area contributed by atoms with Gasteiger partial charge in [-0.15, -0.1) is 6.58 Å². The van der Waals surface area contributed by atoms with Crippen LogP contribution in [0.2, 0.25) is 0 Å². The van der Waals surface area contributed by atoms with E-state index in [4.69, 9.17) is 0 Å². The fourth-order valence-electron chi connectivity index (χ4n) is 4.18. The van der Waals surface area contributed by atoms with Crippen LogP contribution in [0.3, 0.4) is 0 Å². The molecule has 1 amide bonds. The lowest BCUT2D eigenvalue weighted by atomic mass is 10.1. The smallest absolute Gasteiger partial charge is 0.274 e. The summed E-state index contributed by atoms with van der Waals surface area (Å²) in [6.45, 7) is 12.0. The zero-order valence-electron chi connectivity index (χ0n) is 19.3. The number of thiazole rings is 1. The molecule has 4 rings (SSSR count). The lowest BCUT2D eigenvalue weighted by Crippen LogP contribution is -2.29. The van der Waals surface area contributed by atoms with Crippen LogP contribution in [-0.4, -0.2) is 39.3 Å². The van der Waals surface area contributed by atoms with Crippen LogP contribution in [-0.2, 0) is 11.3 Å². The molecule has 1 aromatic carbocycles. The predicted octanol–water partition coefficient (Wildman–Crippen LogP) is 4.69. The van der Waals surface area contributed by atoms with Gasteiger partial charge in [0.15, 0.2) is 15.9 Å². The Labute approximate surface area is 201 Å². The van der Waals surface area contributed by atoms with E-state index in [1.807, 2.05) is 20.8 Å². The number of rotatable bonds is 7. The van der Waals surface area contributed by atoms with E-state index in [1.54, 1.807) is 10.6 Å². The van der Waals surface area contributed by atoms with Crippen molar-refractivity contribution in [3.8, 4) is 0 Å². The zero-order valence-corrected chi connectivity index (χ0v) is 20.9. The SMILES string of the molecule is C=CCn1c(SCC(=O)Nc2c(C)cc(C)cc2C)nc2nc(N3CCCCC3)sc2c1=O. The van der Waals surface area contributed by atoms with Gasteiger partial charge in [0.1, 0.15) is 4.70 Å². The van der Waals surface area contributed by atoms with Crippen molar-refractivity contribution in [1.29, 1.82) is 0 Å². The molecule has 3 aromatic rings. The fraction of sp³-hybridized carbons (Fsp3) is 0.417. The van der Waals surface area contributed by atoms with Crippen molar-refractivity contribution in [3.63, 3.8) is 0 Å². The minimum Gasteiger partial charge on any atom is -0.348 e. The number of anilines is 2. The first kappa shape index (κ1) is 23.5. The second-order valence-electron chi connectivity index (χ2n) is 8.41. The Morgan fingerprint density at radius 2 is 1.88 bits per heavy atom. The van der Waals surface area contributed by atoms with Crippen LogP contribution in [0.25, 0.3) is 10.3 Å². The molecule has 174 valence electrons. The summed E-state index contributed by atoms with van der Waals surface area (Å²) in [5, 5.41) is 4.34. The summed E-state index contributed by atoms with van der Waals surface area (Å²) in [4.78, 5) is 37.5. The molecule has 1 fully saturated rings. The molecule has 0 radical (unpaired) electrons. The van der Waals surface area contributed by atoms with Crippen LogP contribution in [0.15, 0.2) is 34.7 Å². The lowest BCUT2D eigenvalue weighted by Gasteiger charge is -2.25. The largest absolute Gasteiger partial charge is 0.348 e. The third-order valence-corrected chi connectivity index (χ3v) is 7.75. The van der Waals surface area contributed by atoms with Crippen molar-refractivity contribution in [1.82, 2.24) is 14.5 Å². The Hall–Kier alpha value is -2.65. The Kier molecular flexibility index (Phi) is 7.19. The highest BCUT2D eigenvalue weighted by Gasteiger charge is 2.20. The van der Waals surface area contributed by atoms with Crippen LogP contribution in [0.5, 0.6) is 0 Å². The lowest BCUT2D eigenvalue weighted by molar-refractivity contribution is -0.113. The summed E-state index contributed by atoms with van der Waals surface area (Å²) >= 11 is 2.65. The van der Waals surface area contributed by atoms with Gasteiger partial charge in [0.05, 0.1) is 5.75 Å². The maximum Gasteiger partial charge on any atom is 0.274 e. The molecule has 0 bridgehead atoms. The topological polar surface area (TPSA) is 80.1 Å². The number of amides is 1. The molecule has 1 aliphatic rings. The van der Waals surface area contributed by atoms with Crippen molar-refractivity contribution in [3.05, 3.63) is 51.8 Å². The van der Waals surface area contributed by atoms with E-state index in [9.17, 15) is 9.59 Å². The van der Waals surface area contributed by atoms with Crippen molar-refractivity contribution >= 4 is 50.2 Å². The molecule has 2 aromatic heterocycles. The van der Waals surface area contributed by atoms with E-state index in [1.165, 1.54) is 29.5 Å². The second kappa shape index (κ2) is 10.1. The predicted molar refractivity (Wildman–Crippen MR) is 138 cm³/mol. The Morgan fingerprint density at radius 1 is 1.18 bits per heavy atom. The van der Waals surface area contributed by atoms with Crippen molar-refractivity contribution < 1.29 is 4.79 Å². The van der Waals surface area contributed by atoms with Gasteiger partial charge in [-0.1, -0.05) is 46.9 Å². The summed E-state index contributed by atoms with van der Waals surface area (Å²) in [5.74, 6) is 0.00663. The third-order valence-electron chi connectivity index (χ3n) is 5.68. The van der Waals surface area contributed by atoms with E-state index < -0.39 is 0 Å². The van der Waals surface area contributed by atoms with Gasteiger partial charge >= 0.3 is 0 Å². The molecule has 7 nitrogen and oxygen atoms in total. The van der Waals surface area contributed by atoms with Gasteiger partial charge in [0.2, 0.25) is 5.91 Å². The molecule has 0 unspecified atom stereocenters. The summed E-state index contributed by atoms with van der Waals surface area (Å²) in [7, 11) is 0. The molecule has 0 atom stereocenters. The number of aromatic nitrogens is 3. The highest BCUT2D eigenvalue weighted by atomic mass is 32.2. The number of carbonyl (C=O) groups is 1. The third kappa shape index (κ3) is 5.14. The highest BCUT2D eigenvalue weighted by Crippen LogP contribution is 2.29. The first-order valence-electron chi connectivity index (χ1n) is 11.1. The van der Waals surface area contributed by atoms with Crippen LogP contribution >= 0.6 is 23.1 Å². The van der Waals surface area contributed by atoms with Crippen LogP contribution in [0.1, 0.15) is 36.0 Å². The number of hydrogen-bond donors (Lipinski definition) is 1. The molecule has 0 saturated carbocycles. The zero-order chi connectivity index (χ0) is 23.5. The van der Waals surface area contributed by atoms with E-state index >= 15 is 0 Å². The van der Waals surface area contributed by atoms with E-state index in [2.05, 4.69) is 38.9 Å². The van der Waals surface area contributed by atoms with Gasteiger partial charge in [-0.25, -0.2) is 4.98 Å². The second-order valence-corrected chi connectivity index (χ2v) is 10.3. The number of fused-ring (bicyclic) bond motifs is 1. The van der Waals surface area contributed by atoms with Gasteiger partial charge in [0.25, 0.3) is 5.56 Å². The molecule has 3 heterocycles. The van der Waals surface area contributed by atoms with Crippen molar-refractivity contribution in [2.45, 2.75) is 51.7 Å². The number of allylic oxidation sites excluding steroid dienone is 1. The minimum absolute atomic E-state index is 0.131. The Bertz CT molecular complexity index is 1230. The Balaban J connectivity index is 1.57. The Morgan fingerprint density at radius 3 is 2.55 bits per heavy atom. The van der Waals surface area contributed by atoms with Crippen LogP contribution < -0.4 is 15.8 Å². The monoisotopic (exact) mass is 483 g/mol. The molecule has 33 heavy (non-hydrogen) atoms. The fourth-order valence-corrected chi connectivity index (χ4v) is 5.98. The number of benzene rings is 1. The normalized spacial score (nSPS) is 14.0. The molecule has 1 saturated heterocycles. The number of nitrogens with zero attached hydrogens (tertiary/aromatic N) is 4. The maximum absolute atomic E-state index is 13.2. The van der Waals surface area contributed by atoms with Crippen LogP contribution in [0, 0.1) is 20.8 Å². The molecular formula is C24H29N5O2S2. The average Bonchev–Trinajstić information content (AvgIpc) is 3.22. The van der Waals surface area contributed by atoms with E-state index in [0.29, 0.717) is 22.0 Å². The molecule has 0 aliphatic carbocycles. The number of hydrogen-bond acceptors (Lipinski definition) is 7. The maximum atomic E-state index is 13.2. The minimum atomic E-state index is -0.137. The standard InChI is InChI=1S/C24H29N5O2S2/c1-5-9-29-22(31)20-21(26-23(33-20)28-10-7-6-8-11-28)27-24(29)32-14-18(30)25-19-16(3)12-15(2)13-17(19)4/h5,12-13H,1,6-11,14H2,2-4H3,(H,25,30). The van der Waals surface area contributed by atoms with E-state index in [-0.39, 0.29) is 17.2 Å². The van der Waals surface area contributed by atoms with Crippen molar-refractivity contribution in [2.75, 3.05) is 29.1 Å². The van der Waals surface area contributed by atoms with Crippen molar-refractivity contribution in [2.24, 2.45) is 0 Å². The number of aryl methyl sites for hydroxylation is 3. The number of nitrogens with one attached hydrogen (secondary N) is 1. The van der Waals surface area contributed by atoms with Gasteiger partial charge in [0, 0.05) is 25.3 Å². The van der Waals surface area contributed by atoms with Crippen LogP contribution in [0.4, 0.5) is 10.8 Å². The summed E-state index contributed by atoms with van der Waals surface area (Å²) in [5.41, 5.74) is 4.38. The van der Waals surface area contributed by atoms with Gasteiger partial charge in [-0.05, 0) is 51.2 Å². The molecular weight excluding hydrogens is 454 g/mol. The summed E-state index contributed by atoms with van der Waals surface area (Å²) < 4.78 is 2.13. The van der Waals surface area contributed by atoms with Gasteiger partial charge < -0.3 is 10.2 Å². The molecule has 0 spiro atoms. The number of piperidine rings is 1. The molecule has 1 aliphatic heterocycles. The van der Waals surface area contributed by atoms with E-state index in [0.717, 1.165) is 53.4 Å². The van der Waals surface area contributed by atoms with Gasteiger partial charge in [-0.2, -0.15) is 4.98 Å². The highest BCUT2D eigenvalue weighted by molar-refractivity contribution is 7.99. The summed E-state index contributed by atoms with van der Waals surface area (Å²) in [6, 6.07) is 4.10. The quantitative estimate of drug-likeness (QED) is 0.298. The number of thioether (sulfide) groups is 1. The molecule has 9 heteroatoms. The first-order chi connectivity index (χ1) is 15.9. The molecule has 1 N–H and O–H groups in total. The number of carbonyl (C=O) groups excluding carboxylic acids is 1. The van der Waals surface area contributed by atoms with Gasteiger partial charge in [-0.3, -0.25) is 14.2 Å². The average molecular weight is 484 g/mol. The summed E-state index contributed by atoms with van der Waals surface area (Å²) in [6.07, 6.45) is 5.18.